The zero-order chi connectivity index (χ0) is 19.9. The first-order valence-electron chi connectivity index (χ1n) is 10.7. The zero-order valence-corrected chi connectivity index (χ0v) is 16.9. The third kappa shape index (κ3) is 5.61. The SMILES string of the molecule is O=C1CN(Cc2ccncc2)C[C@@H](OCc2cccnc2)CN1C1CCCCC1. The highest BCUT2D eigenvalue weighted by atomic mass is 16.5. The molecule has 1 aliphatic heterocycles. The van der Waals surface area contributed by atoms with Gasteiger partial charge in [0.1, 0.15) is 0 Å². The molecule has 1 saturated carbocycles. The van der Waals surface area contributed by atoms with Gasteiger partial charge in [0, 0.05) is 50.5 Å². The lowest BCUT2D eigenvalue weighted by atomic mass is 9.94. The van der Waals surface area contributed by atoms with Crippen molar-refractivity contribution in [2.24, 2.45) is 0 Å². The van der Waals surface area contributed by atoms with E-state index in [0.717, 1.165) is 31.5 Å². The molecule has 154 valence electrons. The summed E-state index contributed by atoms with van der Waals surface area (Å²) < 4.78 is 6.30. The maximum atomic E-state index is 13.1. The van der Waals surface area contributed by atoms with Crippen LogP contribution in [0.4, 0.5) is 0 Å². The van der Waals surface area contributed by atoms with Gasteiger partial charge < -0.3 is 9.64 Å². The molecule has 3 heterocycles. The van der Waals surface area contributed by atoms with Crippen molar-refractivity contribution < 1.29 is 9.53 Å². The highest BCUT2D eigenvalue weighted by molar-refractivity contribution is 5.79. The predicted molar refractivity (Wildman–Crippen MR) is 111 cm³/mol. The summed E-state index contributed by atoms with van der Waals surface area (Å²) in [7, 11) is 0. The standard InChI is InChI=1S/C23H30N4O2/c28-23-17-26(14-19-8-11-24-12-9-19)15-22(29-18-20-5-4-10-25-13-20)16-27(23)21-6-2-1-3-7-21/h4-5,8-13,21-22H,1-3,6-7,14-18H2/t22-/m1/s1. The van der Waals surface area contributed by atoms with Gasteiger partial charge in [0.15, 0.2) is 0 Å². The Morgan fingerprint density at radius 2 is 1.79 bits per heavy atom. The Morgan fingerprint density at radius 1 is 0.966 bits per heavy atom. The molecule has 0 radical (unpaired) electrons. The van der Waals surface area contributed by atoms with Crippen LogP contribution < -0.4 is 0 Å². The summed E-state index contributed by atoms with van der Waals surface area (Å²) >= 11 is 0. The lowest BCUT2D eigenvalue weighted by Crippen LogP contribution is -2.45. The topological polar surface area (TPSA) is 58.6 Å². The summed E-state index contributed by atoms with van der Waals surface area (Å²) in [6.45, 7) is 3.13. The van der Waals surface area contributed by atoms with Gasteiger partial charge in [0.05, 0.1) is 19.3 Å². The number of amides is 1. The number of aromatic nitrogens is 2. The van der Waals surface area contributed by atoms with Gasteiger partial charge in [-0.25, -0.2) is 0 Å². The van der Waals surface area contributed by atoms with Gasteiger partial charge in [-0.3, -0.25) is 19.7 Å². The van der Waals surface area contributed by atoms with Gasteiger partial charge >= 0.3 is 0 Å². The maximum Gasteiger partial charge on any atom is 0.237 e. The van der Waals surface area contributed by atoms with Crippen LogP contribution in [-0.2, 0) is 22.7 Å². The van der Waals surface area contributed by atoms with Crippen LogP contribution in [0.25, 0.3) is 0 Å². The smallest absolute Gasteiger partial charge is 0.237 e. The van der Waals surface area contributed by atoms with Crippen molar-refractivity contribution in [3.8, 4) is 0 Å². The lowest BCUT2D eigenvalue weighted by Gasteiger charge is -2.35. The molecule has 2 aromatic heterocycles. The number of carbonyl (C=O) groups excluding carboxylic acids is 1. The highest BCUT2D eigenvalue weighted by Gasteiger charge is 2.33. The Hall–Kier alpha value is -2.31. The van der Waals surface area contributed by atoms with E-state index in [1.54, 1.807) is 18.6 Å². The largest absolute Gasteiger partial charge is 0.370 e. The van der Waals surface area contributed by atoms with E-state index < -0.39 is 0 Å². The maximum absolute atomic E-state index is 13.1. The molecule has 1 aliphatic carbocycles. The average molecular weight is 395 g/mol. The van der Waals surface area contributed by atoms with Crippen molar-refractivity contribution in [1.29, 1.82) is 0 Å². The summed E-state index contributed by atoms with van der Waals surface area (Å²) in [5, 5.41) is 0. The van der Waals surface area contributed by atoms with Crippen LogP contribution in [0, 0.1) is 0 Å². The molecule has 0 unspecified atom stereocenters. The van der Waals surface area contributed by atoms with Gasteiger partial charge in [-0.1, -0.05) is 25.3 Å². The summed E-state index contributed by atoms with van der Waals surface area (Å²) in [6, 6.07) is 8.35. The van der Waals surface area contributed by atoms with Crippen molar-refractivity contribution in [2.75, 3.05) is 19.6 Å². The Bertz CT molecular complexity index is 765. The molecule has 6 nitrogen and oxygen atoms in total. The van der Waals surface area contributed by atoms with Crippen LogP contribution in [0.2, 0.25) is 0 Å². The number of carbonyl (C=O) groups is 1. The van der Waals surface area contributed by atoms with Crippen LogP contribution in [0.3, 0.4) is 0 Å². The normalized spacial score (nSPS) is 21.9. The van der Waals surface area contributed by atoms with Crippen molar-refractivity contribution in [1.82, 2.24) is 19.8 Å². The Balaban J connectivity index is 1.47. The minimum absolute atomic E-state index is 0.00887. The van der Waals surface area contributed by atoms with E-state index >= 15 is 0 Å². The van der Waals surface area contributed by atoms with E-state index in [1.807, 2.05) is 30.5 Å². The van der Waals surface area contributed by atoms with E-state index in [4.69, 9.17) is 4.74 Å². The second-order valence-electron chi connectivity index (χ2n) is 8.16. The van der Waals surface area contributed by atoms with Crippen molar-refractivity contribution >= 4 is 5.91 Å². The summed E-state index contributed by atoms with van der Waals surface area (Å²) in [5.41, 5.74) is 2.23. The first-order valence-corrected chi connectivity index (χ1v) is 10.7. The minimum Gasteiger partial charge on any atom is -0.370 e. The molecule has 1 amide bonds. The van der Waals surface area contributed by atoms with E-state index in [-0.39, 0.29) is 12.0 Å². The second kappa shape index (κ2) is 9.94. The van der Waals surface area contributed by atoms with Crippen LogP contribution in [-0.4, -0.2) is 57.5 Å². The molecule has 6 heteroatoms. The summed E-state index contributed by atoms with van der Waals surface area (Å²) in [6.07, 6.45) is 13.2. The highest BCUT2D eigenvalue weighted by Crippen LogP contribution is 2.25. The van der Waals surface area contributed by atoms with Crippen molar-refractivity contribution in [3.63, 3.8) is 0 Å². The number of nitrogens with zero attached hydrogens (tertiary/aromatic N) is 4. The molecule has 1 atom stereocenters. The van der Waals surface area contributed by atoms with E-state index in [2.05, 4.69) is 19.8 Å². The molecule has 2 aromatic rings. The molecule has 0 bridgehead atoms. The van der Waals surface area contributed by atoms with Gasteiger partial charge in [0.25, 0.3) is 0 Å². The van der Waals surface area contributed by atoms with Crippen LogP contribution in [0.15, 0.2) is 49.1 Å². The fraction of sp³-hybridized carbons (Fsp3) is 0.522. The van der Waals surface area contributed by atoms with Crippen LogP contribution in [0.1, 0.15) is 43.2 Å². The van der Waals surface area contributed by atoms with Gasteiger partial charge in [-0.2, -0.15) is 0 Å². The van der Waals surface area contributed by atoms with Crippen molar-refractivity contribution in [2.45, 2.75) is 57.4 Å². The first kappa shape index (κ1) is 20.0. The van der Waals surface area contributed by atoms with E-state index in [9.17, 15) is 4.79 Å². The molecule has 0 aromatic carbocycles. The van der Waals surface area contributed by atoms with Gasteiger partial charge in [0.2, 0.25) is 5.91 Å². The number of hydrogen-bond acceptors (Lipinski definition) is 5. The molecule has 0 N–H and O–H groups in total. The van der Waals surface area contributed by atoms with E-state index in [0.29, 0.717) is 25.7 Å². The molecule has 1 saturated heterocycles. The molecule has 29 heavy (non-hydrogen) atoms. The van der Waals surface area contributed by atoms with E-state index in [1.165, 1.54) is 24.8 Å². The minimum atomic E-state index is -0.00887. The van der Waals surface area contributed by atoms with Gasteiger partial charge in [-0.05, 0) is 42.2 Å². The predicted octanol–water partition coefficient (Wildman–Crippen LogP) is 3.04. The fourth-order valence-electron chi connectivity index (χ4n) is 4.43. The summed E-state index contributed by atoms with van der Waals surface area (Å²) in [5.74, 6) is 0.235. The van der Waals surface area contributed by atoms with Crippen LogP contribution >= 0.6 is 0 Å². The first-order chi connectivity index (χ1) is 14.3. The zero-order valence-electron chi connectivity index (χ0n) is 16.9. The molecule has 2 fully saturated rings. The number of pyridine rings is 2. The third-order valence-corrected chi connectivity index (χ3v) is 5.92. The number of hydrogen-bond donors (Lipinski definition) is 0. The molecular formula is C23H30N4O2. The molecule has 0 spiro atoms. The number of ether oxygens (including phenoxy) is 1. The molecule has 2 aliphatic rings. The van der Waals surface area contributed by atoms with Crippen LogP contribution in [0.5, 0.6) is 0 Å². The number of rotatable bonds is 6. The molecule has 4 rings (SSSR count). The lowest BCUT2D eigenvalue weighted by molar-refractivity contribution is -0.135. The Labute approximate surface area is 172 Å². The Morgan fingerprint density at radius 3 is 2.55 bits per heavy atom. The van der Waals surface area contributed by atoms with Crippen molar-refractivity contribution in [3.05, 3.63) is 60.2 Å². The second-order valence-corrected chi connectivity index (χ2v) is 8.16. The third-order valence-electron chi connectivity index (χ3n) is 5.92. The fourth-order valence-corrected chi connectivity index (χ4v) is 4.43. The molecular weight excluding hydrogens is 364 g/mol. The monoisotopic (exact) mass is 394 g/mol. The average Bonchev–Trinajstić information content (AvgIpc) is 2.92. The quantitative estimate of drug-likeness (QED) is 0.754. The van der Waals surface area contributed by atoms with Gasteiger partial charge in [-0.15, -0.1) is 0 Å². The summed E-state index contributed by atoms with van der Waals surface area (Å²) in [4.78, 5) is 25.7. The Kier molecular flexibility index (Phi) is 6.85.